The molecule has 8 nitrogen and oxygen atoms in total. The maximum atomic E-state index is 12.1. The molecule has 0 radical (unpaired) electrons. The Hall–Kier alpha value is -2.00. The van der Waals surface area contributed by atoms with Crippen LogP contribution in [-0.2, 0) is 4.74 Å². The predicted molar refractivity (Wildman–Crippen MR) is 71.9 cm³/mol. The van der Waals surface area contributed by atoms with Crippen LogP contribution >= 0.6 is 0 Å². The standard InChI is InChI=1S/C13H14N2O6/c16-4-7-9(18)10(19)11(21-7)6-3-5-1-2-8(17)14-12(5)15-13(6)20/h1-3,7,9-11,16,18-19H,4H2,(H2,14,15,17,20)/t7-,9?,10+,11+/m1/s1. The molecule has 0 saturated carbocycles. The maximum Gasteiger partial charge on any atom is 0.255 e. The smallest absolute Gasteiger partial charge is 0.255 e. The second kappa shape index (κ2) is 5.08. The summed E-state index contributed by atoms with van der Waals surface area (Å²) in [6, 6.07) is 4.31. The summed E-state index contributed by atoms with van der Waals surface area (Å²) in [5, 5.41) is 29.3. The predicted octanol–water partition coefficient (Wildman–Crippen LogP) is -1.63. The SMILES string of the molecule is O=c1ccc2cc([C@@H]3O[C@H](CO)C(O)[C@@H]3O)c(=O)[nH]c2[nH]1. The van der Waals surface area contributed by atoms with Gasteiger partial charge in [-0.15, -0.1) is 0 Å². The fourth-order valence-electron chi connectivity index (χ4n) is 2.50. The Morgan fingerprint density at radius 3 is 2.57 bits per heavy atom. The van der Waals surface area contributed by atoms with Crippen LogP contribution in [0.1, 0.15) is 11.7 Å². The molecule has 1 aliphatic heterocycles. The van der Waals surface area contributed by atoms with Crippen LogP contribution in [0, 0.1) is 0 Å². The minimum atomic E-state index is -1.32. The van der Waals surface area contributed by atoms with Crippen molar-refractivity contribution in [2.45, 2.75) is 24.4 Å². The van der Waals surface area contributed by atoms with E-state index in [1.165, 1.54) is 18.2 Å². The Morgan fingerprint density at radius 1 is 1.14 bits per heavy atom. The highest BCUT2D eigenvalue weighted by molar-refractivity contribution is 5.74. The Bertz CT molecular complexity index is 782. The van der Waals surface area contributed by atoms with Gasteiger partial charge in [0.05, 0.1) is 6.61 Å². The van der Waals surface area contributed by atoms with E-state index in [0.29, 0.717) is 5.39 Å². The molecule has 5 N–H and O–H groups in total. The lowest BCUT2D eigenvalue weighted by atomic mass is 10.0. The van der Waals surface area contributed by atoms with Crippen molar-refractivity contribution < 1.29 is 20.1 Å². The lowest BCUT2D eigenvalue weighted by Crippen LogP contribution is -2.33. The van der Waals surface area contributed by atoms with Gasteiger partial charge < -0.3 is 30.0 Å². The van der Waals surface area contributed by atoms with E-state index in [2.05, 4.69) is 9.97 Å². The molecule has 0 spiro atoms. The Labute approximate surface area is 117 Å². The quantitative estimate of drug-likeness (QED) is 0.451. The molecular formula is C13H14N2O6. The topological polar surface area (TPSA) is 136 Å². The third-order valence-corrected chi connectivity index (χ3v) is 3.61. The van der Waals surface area contributed by atoms with Gasteiger partial charge in [0.15, 0.2) is 0 Å². The minimum absolute atomic E-state index is 0.122. The summed E-state index contributed by atoms with van der Waals surface area (Å²) in [4.78, 5) is 28.3. The first kappa shape index (κ1) is 14.0. The zero-order chi connectivity index (χ0) is 15.1. The molecule has 1 aliphatic rings. The van der Waals surface area contributed by atoms with Gasteiger partial charge in [-0.1, -0.05) is 0 Å². The van der Waals surface area contributed by atoms with Crippen LogP contribution < -0.4 is 11.1 Å². The van der Waals surface area contributed by atoms with Crippen molar-refractivity contribution >= 4 is 11.0 Å². The van der Waals surface area contributed by atoms with E-state index < -0.39 is 36.6 Å². The molecule has 3 rings (SSSR count). The number of pyridine rings is 2. The summed E-state index contributed by atoms with van der Waals surface area (Å²) in [6.07, 6.45) is -4.58. The second-order valence-electron chi connectivity index (χ2n) is 4.97. The molecule has 1 unspecified atom stereocenters. The van der Waals surface area contributed by atoms with Gasteiger partial charge in [-0.05, 0) is 12.1 Å². The lowest BCUT2D eigenvalue weighted by molar-refractivity contribution is -0.0231. The molecule has 0 bridgehead atoms. The monoisotopic (exact) mass is 294 g/mol. The van der Waals surface area contributed by atoms with Gasteiger partial charge in [0.25, 0.3) is 5.56 Å². The van der Waals surface area contributed by atoms with Crippen LogP contribution in [0.3, 0.4) is 0 Å². The van der Waals surface area contributed by atoms with Crippen molar-refractivity contribution in [2.24, 2.45) is 0 Å². The number of ether oxygens (including phenoxy) is 1. The molecule has 1 fully saturated rings. The number of fused-ring (bicyclic) bond motifs is 1. The summed E-state index contributed by atoms with van der Waals surface area (Å²) in [5.41, 5.74) is -0.502. The van der Waals surface area contributed by atoms with Gasteiger partial charge in [0.1, 0.15) is 30.1 Å². The van der Waals surface area contributed by atoms with Crippen LogP contribution in [0.15, 0.2) is 27.8 Å². The molecule has 4 atom stereocenters. The van der Waals surface area contributed by atoms with Gasteiger partial charge in [0.2, 0.25) is 5.56 Å². The van der Waals surface area contributed by atoms with E-state index in [0.717, 1.165) is 0 Å². The molecule has 8 heteroatoms. The number of hydrogen-bond acceptors (Lipinski definition) is 6. The van der Waals surface area contributed by atoms with Gasteiger partial charge in [0, 0.05) is 17.0 Å². The van der Waals surface area contributed by atoms with E-state index in [9.17, 15) is 19.8 Å². The van der Waals surface area contributed by atoms with Crippen molar-refractivity contribution in [1.29, 1.82) is 0 Å². The normalized spacial score (nSPS) is 29.1. The third-order valence-electron chi connectivity index (χ3n) is 3.61. The molecule has 2 aromatic heterocycles. The maximum absolute atomic E-state index is 12.1. The van der Waals surface area contributed by atoms with Gasteiger partial charge in [-0.25, -0.2) is 0 Å². The van der Waals surface area contributed by atoms with E-state index in [1.54, 1.807) is 0 Å². The average molecular weight is 294 g/mol. The van der Waals surface area contributed by atoms with Gasteiger partial charge in [-0.3, -0.25) is 9.59 Å². The molecule has 0 aliphatic carbocycles. The van der Waals surface area contributed by atoms with Crippen LogP contribution in [0.25, 0.3) is 11.0 Å². The molecule has 112 valence electrons. The fourth-order valence-corrected chi connectivity index (χ4v) is 2.50. The van der Waals surface area contributed by atoms with E-state index >= 15 is 0 Å². The largest absolute Gasteiger partial charge is 0.394 e. The number of nitrogens with one attached hydrogen (secondary N) is 2. The van der Waals surface area contributed by atoms with Crippen LogP contribution in [0.4, 0.5) is 0 Å². The number of H-pyrrole nitrogens is 2. The summed E-state index contributed by atoms with van der Waals surface area (Å²) < 4.78 is 5.33. The van der Waals surface area contributed by atoms with Crippen molar-refractivity contribution in [1.82, 2.24) is 9.97 Å². The first-order valence-corrected chi connectivity index (χ1v) is 6.40. The first-order valence-electron chi connectivity index (χ1n) is 6.40. The zero-order valence-electron chi connectivity index (χ0n) is 10.8. The highest BCUT2D eigenvalue weighted by Crippen LogP contribution is 2.32. The summed E-state index contributed by atoms with van der Waals surface area (Å²) >= 11 is 0. The van der Waals surface area contributed by atoms with E-state index in [4.69, 9.17) is 9.84 Å². The summed E-state index contributed by atoms with van der Waals surface area (Å²) in [6.45, 7) is -0.465. The molecule has 2 aromatic rings. The van der Waals surface area contributed by atoms with Crippen molar-refractivity contribution in [3.05, 3.63) is 44.5 Å². The first-order chi connectivity index (χ1) is 10.0. The summed E-state index contributed by atoms with van der Waals surface area (Å²) in [7, 11) is 0. The molecule has 21 heavy (non-hydrogen) atoms. The highest BCUT2D eigenvalue weighted by Gasteiger charge is 2.44. The molecular weight excluding hydrogens is 280 g/mol. The number of hydrogen-bond donors (Lipinski definition) is 5. The minimum Gasteiger partial charge on any atom is -0.394 e. The number of aromatic amines is 2. The van der Waals surface area contributed by atoms with Crippen LogP contribution in [-0.4, -0.2) is 50.2 Å². The molecule has 1 saturated heterocycles. The zero-order valence-corrected chi connectivity index (χ0v) is 10.8. The van der Waals surface area contributed by atoms with Crippen molar-refractivity contribution in [3.63, 3.8) is 0 Å². The Kier molecular flexibility index (Phi) is 3.38. The second-order valence-corrected chi connectivity index (χ2v) is 4.97. The number of aliphatic hydroxyl groups is 3. The van der Waals surface area contributed by atoms with Crippen molar-refractivity contribution in [3.8, 4) is 0 Å². The number of aromatic nitrogens is 2. The molecule has 0 aromatic carbocycles. The Balaban J connectivity index is 2.09. The van der Waals surface area contributed by atoms with Crippen LogP contribution in [0.5, 0.6) is 0 Å². The highest BCUT2D eigenvalue weighted by atomic mass is 16.6. The molecule has 0 amide bonds. The van der Waals surface area contributed by atoms with Gasteiger partial charge >= 0.3 is 0 Å². The van der Waals surface area contributed by atoms with E-state index in [-0.39, 0.29) is 16.8 Å². The van der Waals surface area contributed by atoms with Crippen LogP contribution in [0.2, 0.25) is 0 Å². The third kappa shape index (κ3) is 2.28. The Morgan fingerprint density at radius 2 is 1.90 bits per heavy atom. The average Bonchev–Trinajstić information content (AvgIpc) is 2.74. The number of rotatable bonds is 2. The summed E-state index contributed by atoms with van der Waals surface area (Å²) in [5.74, 6) is 0. The fraction of sp³-hybridized carbons (Fsp3) is 0.385. The van der Waals surface area contributed by atoms with Crippen molar-refractivity contribution in [2.75, 3.05) is 6.61 Å². The number of aliphatic hydroxyl groups excluding tert-OH is 3. The van der Waals surface area contributed by atoms with Gasteiger partial charge in [-0.2, -0.15) is 0 Å². The van der Waals surface area contributed by atoms with E-state index in [1.807, 2.05) is 0 Å². The lowest BCUT2D eigenvalue weighted by Gasteiger charge is -2.14. The molecule has 3 heterocycles.